The zero-order valence-corrected chi connectivity index (χ0v) is 16.5. The van der Waals surface area contributed by atoms with Crippen LogP contribution in [0.15, 0.2) is 53.9 Å². The van der Waals surface area contributed by atoms with Crippen molar-refractivity contribution in [1.29, 1.82) is 0 Å². The average Bonchev–Trinajstić information content (AvgIpc) is 3.39. The fourth-order valence-corrected chi connectivity index (χ4v) is 3.75. The molecule has 1 N–H and O–H groups in total. The number of aromatic nitrogens is 1. The van der Waals surface area contributed by atoms with Crippen LogP contribution in [0, 0.1) is 6.92 Å². The molecule has 1 atom stereocenters. The number of hydrogen-bond donors (Lipinski definition) is 1. The summed E-state index contributed by atoms with van der Waals surface area (Å²) in [7, 11) is 0. The molecule has 0 spiro atoms. The number of hydrogen-bond acceptors (Lipinski definition) is 5. The third-order valence-electron chi connectivity index (χ3n) is 4.61. The molecular weight excluding hydrogens is 372 g/mol. The average molecular weight is 394 g/mol. The van der Waals surface area contributed by atoms with Crippen molar-refractivity contribution in [1.82, 2.24) is 4.98 Å². The third kappa shape index (κ3) is 4.58. The highest BCUT2D eigenvalue weighted by Crippen LogP contribution is 2.24. The van der Waals surface area contributed by atoms with E-state index in [1.54, 1.807) is 23.5 Å². The van der Waals surface area contributed by atoms with Crippen LogP contribution in [0.1, 0.15) is 28.2 Å². The lowest BCUT2D eigenvalue weighted by Gasteiger charge is -2.12. The Hall–Kier alpha value is -2.70. The van der Waals surface area contributed by atoms with E-state index in [-0.39, 0.29) is 12.0 Å². The standard InChI is InChI=1S/C22H22N2O3S/c1-15-23-21(14-28-15)17-4-2-5-18(12-17)24-22(25)16-7-9-19(10-8-16)27-13-20-6-3-11-26-20/h2,4-5,7-10,12,14,20H,3,6,11,13H2,1H3,(H,24,25)/t20-/m0/s1. The fourth-order valence-electron chi connectivity index (χ4n) is 3.12. The highest BCUT2D eigenvalue weighted by Gasteiger charge is 2.16. The Balaban J connectivity index is 1.38. The summed E-state index contributed by atoms with van der Waals surface area (Å²) in [6, 6.07) is 14.9. The number of nitrogens with one attached hydrogen (secondary N) is 1. The number of rotatable bonds is 6. The van der Waals surface area contributed by atoms with Crippen molar-refractivity contribution in [3.63, 3.8) is 0 Å². The van der Waals surface area contributed by atoms with Crippen LogP contribution < -0.4 is 10.1 Å². The van der Waals surface area contributed by atoms with Crippen molar-refractivity contribution in [3.8, 4) is 17.0 Å². The molecule has 1 aliphatic heterocycles. The number of aryl methyl sites for hydroxylation is 1. The second-order valence-electron chi connectivity index (χ2n) is 6.76. The molecule has 1 aliphatic rings. The Labute approximate surface area is 168 Å². The molecule has 28 heavy (non-hydrogen) atoms. The summed E-state index contributed by atoms with van der Waals surface area (Å²) in [6.07, 6.45) is 2.31. The van der Waals surface area contributed by atoms with Crippen molar-refractivity contribution < 1.29 is 14.3 Å². The Kier molecular flexibility index (Phi) is 5.69. The van der Waals surface area contributed by atoms with Gasteiger partial charge in [0.2, 0.25) is 0 Å². The first kappa shape index (κ1) is 18.7. The van der Waals surface area contributed by atoms with E-state index in [0.29, 0.717) is 12.2 Å². The molecule has 0 aliphatic carbocycles. The summed E-state index contributed by atoms with van der Waals surface area (Å²) in [4.78, 5) is 17.1. The molecule has 2 heterocycles. The largest absolute Gasteiger partial charge is 0.491 e. The number of thiazole rings is 1. The van der Waals surface area contributed by atoms with Gasteiger partial charge in [-0.15, -0.1) is 11.3 Å². The van der Waals surface area contributed by atoms with Gasteiger partial charge < -0.3 is 14.8 Å². The molecule has 0 radical (unpaired) electrons. The van der Waals surface area contributed by atoms with Gasteiger partial charge in [-0.2, -0.15) is 0 Å². The lowest BCUT2D eigenvalue weighted by atomic mass is 10.1. The zero-order chi connectivity index (χ0) is 19.3. The lowest BCUT2D eigenvalue weighted by Crippen LogP contribution is -2.16. The maximum absolute atomic E-state index is 12.6. The first-order valence-electron chi connectivity index (χ1n) is 9.36. The van der Waals surface area contributed by atoms with Gasteiger partial charge in [0.1, 0.15) is 12.4 Å². The van der Waals surface area contributed by atoms with Gasteiger partial charge in [-0.1, -0.05) is 12.1 Å². The number of amides is 1. The molecule has 1 saturated heterocycles. The minimum absolute atomic E-state index is 0.155. The molecule has 1 fully saturated rings. The Bertz CT molecular complexity index is 946. The van der Waals surface area contributed by atoms with Crippen LogP contribution in [0.25, 0.3) is 11.3 Å². The van der Waals surface area contributed by atoms with E-state index in [1.165, 1.54) is 0 Å². The van der Waals surface area contributed by atoms with Crippen LogP contribution in [-0.4, -0.2) is 30.2 Å². The van der Waals surface area contributed by atoms with E-state index < -0.39 is 0 Å². The van der Waals surface area contributed by atoms with E-state index in [2.05, 4.69) is 10.3 Å². The number of nitrogens with zero attached hydrogens (tertiary/aromatic N) is 1. The fraction of sp³-hybridized carbons (Fsp3) is 0.273. The van der Waals surface area contributed by atoms with Crippen molar-refractivity contribution in [3.05, 3.63) is 64.5 Å². The number of carbonyl (C=O) groups excluding carboxylic acids is 1. The molecule has 4 rings (SSSR count). The predicted molar refractivity (Wildman–Crippen MR) is 111 cm³/mol. The topological polar surface area (TPSA) is 60.5 Å². The van der Waals surface area contributed by atoms with Crippen molar-refractivity contribution in [2.75, 3.05) is 18.5 Å². The summed E-state index contributed by atoms with van der Waals surface area (Å²) in [5.74, 6) is 0.588. The van der Waals surface area contributed by atoms with Gasteiger partial charge in [-0.3, -0.25) is 4.79 Å². The maximum Gasteiger partial charge on any atom is 0.255 e. The maximum atomic E-state index is 12.6. The Morgan fingerprint density at radius 3 is 2.86 bits per heavy atom. The number of benzene rings is 2. The molecule has 3 aromatic rings. The van der Waals surface area contributed by atoms with Gasteiger partial charge in [0, 0.05) is 28.8 Å². The summed E-state index contributed by atoms with van der Waals surface area (Å²) in [6.45, 7) is 3.35. The highest BCUT2D eigenvalue weighted by molar-refractivity contribution is 7.09. The highest BCUT2D eigenvalue weighted by atomic mass is 32.1. The SMILES string of the molecule is Cc1nc(-c2cccc(NC(=O)c3ccc(OC[C@@H]4CCCO4)cc3)c2)cs1. The predicted octanol–water partition coefficient (Wildman–Crippen LogP) is 4.93. The molecule has 144 valence electrons. The van der Waals surface area contributed by atoms with Crippen molar-refractivity contribution in [2.45, 2.75) is 25.9 Å². The van der Waals surface area contributed by atoms with Crippen molar-refractivity contribution in [2.24, 2.45) is 0 Å². The summed E-state index contributed by atoms with van der Waals surface area (Å²) in [5.41, 5.74) is 3.23. The third-order valence-corrected chi connectivity index (χ3v) is 5.39. The molecule has 0 unspecified atom stereocenters. The van der Waals surface area contributed by atoms with Gasteiger partial charge in [0.15, 0.2) is 0 Å². The van der Waals surface area contributed by atoms with Crippen LogP contribution in [0.5, 0.6) is 5.75 Å². The number of carbonyl (C=O) groups is 1. The molecule has 0 saturated carbocycles. The Morgan fingerprint density at radius 2 is 2.14 bits per heavy atom. The molecule has 5 nitrogen and oxygen atoms in total. The van der Waals surface area contributed by atoms with Crippen molar-refractivity contribution >= 4 is 22.9 Å². The monoisotopic (exact) mass is 394 g/mol. The van der Waals surface area contributed by atoms with E-state index in [0.717, 1.165) is 47.2 Å². The normalized spacial score (nSPS) is 16.1. The molecular formula is C22H22N2O3S. The van der Waals surface area contributed by atoms with Crippen LogP contribution in [-0.2, 0) is 4.74 Å². The van der Waals surface area contributed by atoms with Gasteiger partial charge >= 0.3 is 0 Å². The molecule has 6 heteroatoms. The number of anilines is 1. The summed E-state index contributed by atoms with van der Waals surface area (Å²) < 4.78 is 11.3. The zero-order valence-electron chi connectivity index (χ0n) is 15.7. The Morgan fingerprint density at radius 1 is 1.29 bits per heavy atom. The lowest BCUT2D eigenvalue weighted by molar-refractivity contribution is 0.0679. The van der Waals surface area contributed by atoms with Crippen LogP contribution in [0.3, 0.4) is 0 Å². The first-order valence-corrected chi connectivity index (χ1v) is 10.2. The van der Waals surface area contributed by atoms with Crippen LogP contribution in [0.4, 0.5) is 5.69 Å². The van der Waals surface area contributed by atoms with Gasteiger partial charge in [-0.25, -0.2) is 4.98 Å². The quantitative estimate of drug-likeness (QED) is 0.644. The minimum atomic E-state index is -0.155. The summed E-state index contributed by atoms with van der Waals surface area (Å²) in [5, 5.41) is 5.99. The summed E-state index contributed by atoms with van der Waals surface area (Å²) >= 11 is 1.61. The smallest absolute Gasteiger partial charge is 0.255 e. The molecule has 1 aromatic heterocycles. The second kappa shape index (κ2) is 8.54. The molecule has 1 amide bonds. The molecule has 2 aromatic carbocycles. The second-order valence-corrected chi connectivity index (χ2v) is 7.82. The van der Waals surface area contributed by atoms with Gasteiger partial charge in [0.25, 0.3) is 5.91 Å². The van der Waals surface area contributed by atoms with E-state index in [4.69, 9.17) is 9.47 Å². The van der Waals surface area contributed by atoms with Gasteiger partial charge in [0.05, 0.1) is 16.8 Å². The van der Waals surface area contributed by atoms with E-state index in [9.17, 15) is 4.79 Å². The van der Waals surface area contributed by atoms with Crippen LogP contribution >= 0.6 is 11.3 Å². The van der Waals surface area contributed by atoms with E-state index in [1.807, 2.05) is 48.7 Å². The minimum Gasteiger partial charge on any atom is -0.491 e. The van der Waals surface area contributed by atoms with Gasteiger partial charge in [-0.05, 0) is 56.2 Å². The molecule has 0 bridgehead atoms. The number of ether oxygens (including phenoxy) is 2. The van der Waals surface area contributed by atoms with Crippen LogP contribution in [0.2, 0.25) is 0 Å². The first-order chi connectivity index (χ1) is 13.7. The van der Waals surface area contributed by atoms with E-state index >= 15 is 0 Å².